The zero-order valence-corrected chi connectivity index (χ0v) is 15.7. The Morgan fingerprint density at radius 3 is 2.37 bits per heavy atom. The molecule has 0 spiro atoms. The van der Waals surface area contributed by atoms with Gasteiger partial charge in [-0.05, 0) is 42.7 Å². The number of hydrogen-bond donors (Lipinski definition) is 2. The summed E-state index contributed by atoms with van der Waals surface area (Å²) < 4.78 is 31.7. The molecule has 2 aromatic rings. The van der Waals surface area contributed by atoms with Crippen molar-refractivity contribution in [1.82, 2.24) is 5.48 Å². The normalized spacial score (nSPS) is 20.0. The zero-order valence-electron chi connectivity index (χ0n) is 14.9. The standard InChI is InChI=1S/C20H23NO5S/c22-20(21-23)18-8-4-5-9-19(18)27(24,25)17-12-10-16(11-13-17)26-14-15-6-2-1-3-7-15/h1-3,6-7,10-13,18-19,23H,4-5,8-9,14H2,(H,21,22). The van der Waals surface area contributed by atoms with E-state index < -0.39 is 26.9 Å². The van der Waals surface area contributed by atoms with Crippen LogP contribution in [0.2, 0.25) is 0 Å². The van der Waals surface area contributed by atoms with Crippen molar-refractivity contribution >= 4 is 15.7 Å². The monoisotopic (exact) mass is 389 g/mol. The van der Waals surface area contributed by atoms with Crippen molar-refractivity contribution < 1.29 is 23.2 Å². The van der Waals surface area contributed by atoms with Crippen molar-refractivity contribution in [1.29, 1.82) is 0 Å². The predicted octanol–water partition coefficient (Wildman–Crippen LogP) is 3.10. The van der Waals surface area contributed by atoms with Crippen LogP contribution < -0.4 is 10.2 Å². The summed E-state index contributed by atoms with van der Waals surface area (Å²) in [5.41, 5.74) is 2.63. The number of rotatable bonds is 6. The molecule has 1 fully saturated rings. The van der Waals surface area contributed by atoms with Crippen LogP contribution in [0.4, 0.5) is 0 Å². The molecule has 1 aliphatic rings. The molecule has 1 aliphatic carbocycles. The van der Waals surface area contributed by atoms with Crippen LogP contribution in [-0.4, -0.2) is 24.8 Å². The average Bonchev–Trinajstić information content (AvgIpc) is 2.72. The Balaban J connectivity index is 1.73. The molecule has 2 atom stereocenters. The lowest BCUT2D eigenvalue weighted by Gasteiger charge is -2.29. The van der Waals surface area contributed by atoms with Crippen LogP contribution >= 0.6 is 0 Å². The van der Waals surface area contributed by atoms with Crippen molar-refractivity contribution in [3.05, 3.63) is 60.2 Å². The lowest BCUT2D eigenvalue weighted by atomic mass is 9.88. The second-order valence-corrected chi connectivity index (χ2v) is 8.86. The molecule has 0 bridgehead atoms. The largest absolute Gasteiger partial charge is 0.489 e. The molecule has 0 saturated heterocycles. The molecule has 1 amide bonds. The predicted molar refractivity (Wildman–Crippen MR) is 100 cm³/mol. The maximum atomic E-state index is 13.0. The van der Waals surface area contributed by atoms with E-state index in [1.807, 2.05) is 30.3 Å². The number of amides is 1. The van der Waals surface area contributed by atoms with E-state index in [1.165, 1.54) is 12.1 Å². The Hall–Kier alpha value is -2.38. The Labute approximate surface area is 159 Å². The smallest absolute Gasteiger partial charge is 0.247 e. The maximum Gasteiger partial charge on any atom is 0.247 e. The first-order valence-corrected chi connectivity index (χ1v) is 10.5. The van der Waals surface area contributed by atoms with Crippen LogP contribution in [0.5, 0.6) is 5.75 Å². The molecule has 6 nitrogen and oxygen atoms in total. The number of nitrogens with one attached hydrogen (secondary N) is 1. The molecule has 2 aromatic carbocycles. The highest BCUT2D eigenvalue weighted by Gasteiger charge is 2.40. The maximum absolute atomic E-state index is 13.0. The van der Waals surface area contributed by atoms with Crippen LogP contribution in [0, 0.1) is 5.92 Å². The van der Waals surface area contributed by atoms with Crippen molar-refractivity contribution in [2.24, 2.45) is 5.92 Å². The third kappa shape index (κ3) is 4.48. The van der Waals surface area contributed by atoms with Gasteiger partial charge in [0.05, 0.1) is 16.1 Å². The second kappa shape index (κ2) is 8.54. The number of carbonyl (C=O) groups excluding carboxylic acids is 1. The lowest BCUT2D eigenvalue weighted by molar-refractivity contribution is -0.134. The Morgan fingerprint density at radius 2 is 1.70 bits per heavy atom. The van der Waals surface area contributed by atoms with E-state index >= 15 is 0 Å². The zero-order chi connectivity index (χ0) is 19.3. The summed E-state index contributed by atoms with van der Waals surface area (Å²) in [7, 11) is -3.68. The summed E-state index contributed by atoms with van der Waals surface area (Å²) in [6.45, 7) is 0.397. The Kier molecular flexibility index (Phi) is 6.13. The van der Waals surface area contributed by atoms with Crippen molar-refractivity contribution in [3.8, 4) is 5.75 Å². The van der Waals surface area contributed by atoms with Crippen molar-refractivity contribution in [3.63, 3.8) is 0 Å². The van der Waals surface area contributed by atoms with Gasteiger partial charge in [0.15, 0.2) is 9.84 Å². The highest BCUT2D eigenvalue weighted by molar-refractivity contribution is 7.92. The van der Waals surface area contributed by atoms with E-state index in [-0.39, 0.29) is 4.90 Å². The molecular weight excluding hydrogens is 366 g/mol. The van der Waals surface area contributed by atoms with Gasteiger partial charge in [0, 0.05) is 0 Å². The van der Waals surface area contributed by atoms with Crippen molar-refractivity contribution in [2.45, 2.75) is 42.4 Å². The molecule has 144 valence electrons. The van der Waals surface area contributed by atoms with Crippen LogP contribution in [0.25, 0.3) is 0 Å². The summed E-state index contributed by atoms with van der Waals surface area (Å²) in [5.74, 6) is -0.792. The summed E-state index contributed by atoms with van der Waals surface area (Å²) in [4.78, 5) is 12.0. The van der Waals surface area contributed by atoms with Gasteiger partial charge in [-0.25, -0.2) is 13.9 Å². The summed E-state index contributed by atoms with van der Waals surface area (Å²) in [6, 6.07) is 16.0. The fourth-order valence-corrected chi connectivity index (χ4v) is 5.53. The van der Waals surface area contributed by atoms with Gasteiger partial charge in [-0.3, -0.25) is 10.0 Å². The van der Waals surface area contributed by atoms with E-state index in [9.17, 15) is 13.2 Å². The minimum atomic E-state index is -3.68. The quantitative estimate of drug-likeness (QED) is 0.585. The van der Waals surface area contributed by atoms with Crippen LogP contribution in [0.15, 0.2) is 59.5 Å². The minimum absolute atomic E-state index is 0.164. The van der Waals surface area contributed by atoms with E-state index in [0.717, 1.165) is 18.4 Å². The van der Waals surface area contributed by atoms with Gasteiger partial charge in [-0.2, -0.15) is 0 Å². The van der Waals surface area contributed by atoms with E-state index in [2.05, 4.69) is 0 Å². The van der Waals surface area contributed by atoms with E-state index in [1.54, 1.807) is 17.6 Å². The highest BCUT2D eigenvalue weighted by atomic mass is 32.2. The molecule has 2 unspecified atom stereocenters. The summed E-state index contributed by atoms with van der Waals surface area (Å²) >= 11 is 0. The molecule has 27 heavy (non-hydrogen) atoms. The number of hydrogen-bond acceptors (Lipinski definition) is 5. The van der Waals surface area contributed by atoms with Crippen LogP contribution in [0.3, 0.4) is 0 Å². The molecule has 3 rings (SSSR count). The molecular formula is C20H23NO5S. The average molecular weight is 389 g/mol. The molecule has 7 heteroatoms. The number of ether oxygens (including phenoxy) is 1. The fourth-order valence-electron chi connectivity index (χ4n) is 3.49. The topological polar surface area (TPSA) is 92.7 Å². The van der Waals surface area contributed by atoms with Crippen molar-refractivity contribution in [2.75, 3.05) is 0 Å². The SMILES string of the molecule is O=C(NO)C1CCCCC1S(=O)(=O)c1ccc(OCc2ccccc2)cc1. The van der Waals surface area contributed by atoms with Gasteiger partial charge in [-0.1, -0.05) is 43.2 Å². The second-order valence-electron chi connectivity index (χ2n) is 6.70. The van der Waals surface area contributed by atoms with Gasteiger partial charge in [0.25, 0.3) is 0 Å². The number of hydroxylamine groups is 1. The fraction of sp³-hybridized carbons (Fsp3) is 0.350. The Bertz CT molecular complexity index is 865. The van der Waals surface area contributed by atoms with Gasteiger partial charge in [-0.15, -0.1) is 0 Å². The first kappa shape index (κ1) is 19.4. The van der Waals surface area contributed by atoms with Crippen LogP contribution in [0.1, 0.15) is 31.2 Å². The van der Waals surface area contributed by atoms with Gasteiger partial charge >= 0.3 is 0 Å². The van der Waals surface area contributed by atoms with Gasteiger partial charge < -0.3 is 4.74 Å². The highest BCUT2D eigenvalue weighted by Crippen LogP contribution is 2.34. The summed E-state index contributed by atoms with van der Waals surface area (Å²) in [5, 5.41) is 8.10. The molecule has 0 aliphatic heterocycles. The molecule has 1 saturated carbocycles. The molecule has 0 radical (unpaired) electrons. The number of carbonyl (C=O) groups is 1. The van der Waals surface area contributed by atoms with Gasteiger partial charge in [0.2, 0.25) is 5.91 Å². The third-order valence-corrected chi connectivity index (χ3v) is 7.24. The Morgan fingerprint density at radius 1 is 1.04 bits per heavy atom. The number of benzene rings is 2. The summed E-state index contributed by atoms with van der Waals surface area (Å²) in [6.07, 6.45) is 2.38. The van der Waals surface area contributed by atoms with E-state index in [0.29, 0.717) is 25.2 Å². The number of sulfone groups is 1. The van der Waals surface area contributed by atoms with Crippen LogP contribution in [-0.2, 0) is 21.2 Å². The van der Waals surface area contributed by atoms with Gasteiger partial charge in [0.1, 0.15) is 12.4 Å². The first-order valence-electron chi connectivity index (χ1n) is 8.97. The molecule has 0 heterocycles. The third-order valence-electron chi connectivity index (χ3n) is 4.95. The first-order chi connectivity index (χ1) is 13.0. The minimum Gasteiger partial charge on any atom is -0.489 e. The molecule has 2 N–H and O–H groups in total. The lowest BCUT2D eigenvalue weighted by Crippen LogP contribution is -2.42. The molecule has 0 aromatic heterocycles. The van der Waals surface area contributed by atoms with E-state index in [4.69, 9.17) is 9.94 Å².